The number of fused-ring (bicyclic) bond motifs is 1. The summed E-state index contributed by atoms with van der Waals surface area (Å²) in [5, 5.41) is 3.78. The van der Waals surface area contributed by atoms with Crippen molar-refractivity contribution in [2.24, 2.45) is 5.92 Å². The zero-order valence-electron chi connectivity index (χ0n) is 24.2. The van der Waals surface area contributed by atoms with Gasteiger partial charge in [0.2, 0.25) is 5.75 Å². The molecule has 0 saturated carbocycles. The molecule has 3 aromatic rings. The molecule has 0 aliphatic heterocycles. The van der Waals surface area contributed by atoms with Crippen molar-refractivity contribution in [3.05, 3.63) is 76.1 Å². The van der Waals surface area contributed by atoms with Crippen molar-refractivity contribution >= 4 is 22.5 Å². The number of aryl methyl sites for hydroxylation is 1. The summed E-state index contributed by atoms with van der Waals surface area (Å²) in [6, 6.07) is 14.7. The van der Waals surface area contributed by atoms with E-state index >= 15 is 0 Å². The van der Waals surface area contributed by atoms with Crippen molar-refractivity contribution in [1.29, 1.82) is 0 Å². The number of unbranched alkanes of at least 4 members (excludes halogenated alkanes) is 3. The minimum absolute atomic E-state index is 0.193. The van der Waals surface area contributed by atoms with E-state index in [1.165, 1.54) is 0 Å². The molecule has 1 N–H and O–H groups in total. The Bertz CT molecular complexity index is 1310. The third kappa shape index (κ3) is 8.47. The number of rotatable bonds is 15. The highest BCUT2D eigenvalue weighted by Crippen LogP contribution is 2.35. The molecule has 6 heteroatoms. The Morgan fingerprint density at radius 1 is 0.974 bits per heavy atom. The molecule has 1 atom stereocenters. The van der Waals surface area contributed by atoms with E-state index < -0.39 is 0 Å². The molecule has 1 amide bonds. The SMILES string of the molecule is CCCCCCn1c(=O)c(OCC(C)CCC)c(OCC=C(C)C)c2ccc(NC(=O)c3ccccc3)cc21. The maximum Gasteiger partial charge on any atom is 0.297 e. The van der Waals surface area contributed by atoms with Gasteiger partial charge in [-0.1, -0.05) is 70.2 Å². The molecule has 0 fully saturated rings. The van der Waals surface area contributed by atoms with Crippen molar-refractivity contribution in [1.82, 2.24) is 4.57 Å². The van der Waals surface area contributed by atoms with Crippen LogP contribution in [0.25, 0.3) is 10.9 Å². The monoisotopic (exact) mass is 532 g/mol. The highest BCUT2D eigenvalue weighted by atomic mass is 16.5. The molecule has 2 aromatic carbocycles. The summed E-state index contributed by atoms with van der Waals surface area (Å²) in [7, 11) is 0. The average molecular weight is 533 g/mol. The zero-order valence-corrected chi connectivity index (χ0v) is 24.2. The van der Waals surface area contributed by atoms with Gasteiger partial charge in [-0.15, -0.1) is 0 Å². The lowest BCUT2D eigenvalue weighted by atomic mass is 10.1. The predicted molar refractivity (Wildman–Crippen MR) is 161 cm³/mol. The first kappa shape index (κ1) is 30.0. The number of amides is 1. The first-order valence-corrected chi connectivity index (χ1v) is 14.3. The van der Waals surface area contributed by atoms with Gasteiger partial charge in [0.15, 0.2) is 5.75 Å². The fraction of sp³-hybridized carbons (Fsp3) is 0.455. The van der Waals surface area contributed by atoms with Gasteiger partial charge in [0.1, 0.15) is 6.61 Å². The van der Waals surface area contributed by atoms with Crippen molar-refractivity contribution in [2.45, 2.75) is 79.7 Å². The van der Waals surface area contributed by atoms with Crippen molar-refractivity contribution in [3.63, 3.8) is 0 Å². The molecule has 0 saturated heterocycles. The van der Waals surface area contributed by atoms with Crippen LogP contribution in [0.2, 0.25) is 0 Å². The van der Waals surface area contributed by atoms with E-state index in [0.717, 1.165) is 55.0 Å². The molecule has 3 rings (SSSR count). The first-order chi connectivity index (χ1) is 18.8. The average Bonchev–Trinajstić information content (AvgIpc) is 2.92. The van der Waals surface area contributed by atoms with E-state index in [0.29, 0.717) is 42.7 Å². The third-order valence-corrected chi connectivity index (χ3v) is 6.72. The Balaban J connectivity index is 2.10. The molecule has 1 aromatic heterocycles. The van der Waals surface area contributed by atoms with E-state index in [1.807, 2.05) is 56.3 Å². The number of hydrogen-bond donors (Lipinski definition) is 1. The van der Waals surface area contributed by atoms with Gasteiger partial charge in [0, 0.05) is 23.2 Å². The second kappa shape index (κ2) is 15.2. The number of benzene rings is 2. The number of hydrogen-bond acceptors (Lipinski definition) is 4. The summed E-state index contributed by atoms with van der Waals surface area (Å²) >= 11 is 0. The molecule has 1 heterocycles. The number of carbonyl (C=O) groups is 1. The van der Waals surface area contributed by atoms with E-state index in [9.17, 15) is 9.59 Å². The minimum atomic E-state index is -0.198. The fourth-order valence-corrected chi connectivity index (χ4v) is 4.55. The van der Waals surface area contributed by atoms with Gasteiger partial charge >= 0.3 is 0 Å². The number of nitrogens with zero attached hydrogens (tertiary/aromatic N) is 1. The molecule has 0 spiro atoms. The van der Waals surface area contributed by atoms with Gasteiger partial charge in [0.05, 0.1) is 12.1 Å². The molecule has 210 valence electrons. The van der Waals surface area contributed by atoms with Gasteiger partial charge in [-0.3, -0.25) is 9.59 Å². The highest BCUT2D eigenvalue weighted by Gasteiger charge is 2.21. The van der Waals surface area contributed by atoms with Crippen LogP contribution in [0.4, 0.5) is 5.69 Å². The van der Waals surface area contributed by atoms with Crippen molar-refractivity contribution in [3.8, 4) is 11.5 Å². The van der Waals surface area contributed by atoms with Crippen LogP contribution in [0.3, 0.4) is 0 Å². The Morgan fingerprint density at radius 3 is 2.44 bits per heavy atom. The number of ether oxygens (including phenoxy) is 2. The van der Waals surface area contributed by atoms with Crippen LogP contribution in [0.15, 0.2) is 65.0 Å². The molecule has 0 radical (unpaired) electrons. The summed E-state index contributed by atoms with van der Waals surface area (Å²) in [6.07, 6.45) is 8.23. The van der Waals surface area contributed by atoms with E-state index in [-0.39, 0.29) is 17.2 Å². The molecule has 0 bridgehead atoms. The van der Waals surface area contributed by atoms with Crippen LogP contribution in [-0.4, -0.2) is 23.7 Å². The lowest BCUT2D eigenvalue weighted by Crippen LogP contribution is -2.25. The zero-order chi connectivity index (χ0) is 28.2. The fourth-order valence-electron chi connectivity index (χ4n) is 4.55. The van der Waals surface area contributed by atoms with E-state index in [4.69, 9.17) is 9.47 Å². The minimum Gasteiger partial charge on any atom is -0.485 e. The van der Waals surface area contributed by atoms with Crippen molar-refractivity contribution in [2.75, 3.05) is 18.5 Å². The molecular formula is C33H44N2O4. The number of aromatic nitrogens is 1. The third-order valence-electron chi connectivity index (χ3n) is 6.72. The Kier molecular flexibility index (Phi) is 11.7. The van der Waals surface area contributed by atoms with Gasteiger partial charge in [0.25, 0.3) is 11.5 Å². The Labute approximate surface area is 233 Å². The van der Waals surface area contributed by atoms with E-state index in [1.54, 1.807) is 16.7 Å². The smallest absolute Gasteiger partial charge is 0.297 e. The van der Waals surface area contributed by atoms with Crippen LogP contribution < -0.4 is 20.3 Å². The molecule has 0 aliphatic rings. The lowest BCUT2D eigenvalue weighted by Gasteiger charge is -2.20. The van der Waals surface area contributed by atoms with E-state index in [2.05, 4.69) is 26.1 Å². The molecule has 6 nitrogen and oxygen atoms in total. The Morgan fingerprint density at radius 2 is 1.74 bits per heavy atom. The topological polar surface area (TPSA) is 69.6 Å². The van der Waals surface area contributed by atoms with Crippen LogP contribution in [0.5, 0.6) is 11.5 Å². The summed E-state index contributed by atoms with van der Waals surface area (Å²) < 4.78 is 14.2. The van der Waals surface area contributed by atoms with Crippen LogP contribution in [-0.2, 0) is 6.54 Å². The standard InChI is InChI=1S/C33H44N2O4/c1-6-8-9-13-20-35-29-22-27(34-32(36)26-15-11-10-12-16-26)17-18-28(29)30(38-21-19-24(3)4)31(33(35)37)39-23-25(5)14-7-2/h10-12,15-19,22,25H,6-9,13-14,20-21,23H2,1-5H3,(H,34,36). The number of allylic oxidation sites excluding steroid dienone is 1. The first-order valence-electron chi connectivity index (χ1n) is 14.3. The van der Waals surface area contributed by atoms with Gasteiger partial charge < -0.3 is 19.4 Å². The number of carbonyl (C=O) groups excluding carboxylic acids is 1. The van der Waals surface area contributed by atoms with Crippen LogP contribution >= 0.6 is 0 Å². The predicted octanol–water partition coefficient (Wildman–Crippen LogP) is 7.99. The van der Waals surface area contributed by atoms with Gasteiger partial charge in [-0.05, 0) is 69.0 Å². The number of nitrogens with one attached hydrogen (secondary N) is 1. The second-order valence-corrected chi connectivity index (χ2v) is 10.5. The molecule has 1 unspecified atom stereocenters. The summed E-state index contributed by atoms with van der Waals surface area (Å²) in [6.45, 7) is 11.9. The summed E-state index contributed by atoms with van der Waals surface area (Å²) in [4.78, 5) is 26.8. The Hall–Kier alpha value is -3.54. The quantitative estimate of drug-likeness (QED) is 0.159. The van der Waals surface area contributed by atoms with Gasteiger partial charge in [-0.25, -0.2) is 0 Å². The second-order valence-electron chi connectivity index (χ2n) is 10.5. The maximum absolute atomic E-state index is 13.9. The molecular weight excluding hydrogens is 488 g/mol. The van der Waals surface area contributed by atoms with Gasteiger partial charge in [-0.2, -0.15) is 0 Å². The summed E-state index contributed by atoms with van der Waals surface area (Å²) in [5.74, 6) is 0.854. The normalized spacial score (nSPS) is 11.7. The lowest BCUT2D eigenvalue weighted by molar-refractivity contribution is 0.102. The van der Waals surface area contributed by atoms with Crippen molar-refractivity contribution < 1.29 is 14.3 Å². The summed E-state index contributed by atoms with van der Waals surface area (Å²) in [5.41, 5.74) is 2.86. The highest BCUT2D eigenvalue weighted by molar-refractivity contribution is 6.05. The number of pyridine rings is 1. The molecule has 0 aliphatic carbocycles. The largest absolute Gasteiger partial charge is 0.485 e. The number of anilines is 1. The van der Waals surface area contributed by atoms with Crippen LogP contribution in [0.1, 0.15) is 83.5 Å². The maximum atomic E-state index is 13.9. The molecule has 39 heavy (non-hydrogen) atoms. The van der Waals surface area contributed by atoms with Crippen LogP contribution in [0, 0.1) is 5.92 Å².